The third-order valence-electron chi connectivity index (χ3n) is 4.36. The molecule has 2 N–H and O–H groups in total. The van der Waals surface area contributed by atoms with Gasteiger partial charge in [-0.1, -0.05) is 6.92 Å². The quantitative estimate of drug-likeness (QED) is 0.584. The maximum atomic E-state index is 12.1. The highest BCUT2D eigenvalue weighted by Crippen LogP contribution is 2.28. The van der Waals surface area contributed by atoms with Crippen LogP contribution in [0.4, 0.5) is 11.4 Å². The van der Waals surface area contributed by atoms with E-state index in [4.69, 9.17) is 0 Å². The van der Waals surface area contributed by atoms with E-state index in [0.29, 0.717) is 11.3 Å². The van der Waals surface area contributed by atoms with Gasteiger partial charge < -0.3 is 15.5 Å². The summed E-state index contributed by atoms with van der Waals surface area (Å²) in [4.78, 5) is 25.5. The number of hydrogen-bond donors (Lipinski definition) is 2. The molecule has 7 nitrogen and oxygen atoms in total. The molecule has 138 valence electrons. The summed E-state index contributed by atoms with van der Waals surface area (Å²) < 4.78 is 0. The zero-order valence-corrected chi connectivity index (χ0v) is 15.2. The number of nitro groups is 1. The van der Waals surface area contributed by atoms with Crippen molar-refractivity contribution in [3.8, 4) is 0 Å². The number of nitro benzene ring substituents is 1. The molecule has 2 rings (SSSR count). The van der Waals surface area contributed by atoms with Gasteiger partial charge in [-0.15, -0.1) is 0 Å². The Balaban J connectivity index is 2.08. The summed E-state index contributed by atoms with van der Waals surface area (Å²) in [6.07, 6.45) is 3.07. The SMILES string of the molecule is CCCN1CCC(Nc2ccc(C(=O)NC(C)C)cc2[N+](=O)[O-])CC1. The molecule has 0 bridgehead atoms. The predicted octanol–water partition coefficient (Wildman–Crippen LogP) is 3.02. The maximum absolute atomic E-state index is 12.1. The van der Waals surface area contributed by atoms with Crippen molar-refractivity contribution in [2.45, 2.75) is 52.1 Å². The molecule has 1 heterocycles. The van der Waals surface area contributed by atoms with E-state index >= 15 is 0 Å². The Labute approximate surface area is 148 Å². The third kappa shape index (κ3) is 5.42. The van der Waals surface area contributed by atoms with Gasteiger partial charge in [0.05, 0.1) is 4.92 Å². The summed E-state index contributed by atoms with van der Waals surface area (Å²) in [6, 6.07) is 4.84. The van der Waals surface area contributed by atoms with Gasteiger partial charge >= 0.3 is 0 Å². The lowest BCUT2D eigenvalue weighted by Crippen LogP contribution is -2.39. The fraction of sp³-hybridized carbons (Fsp3) is 0.611. The number of carbonyl (C=O) groups is 1. The average Bonchev–Trinajstić information content (AvgIpc) is 2.56. The van der Waals surface area contributed by atoms with Crippen LogP contribution in [0.1, 0.15) is 50.4 Å². The third-order valence-corrected chi connectivity index (χ3v) is 4.36. The molecule has 0 radical (unpaired) electrons. The van der Waals surface area contributed by atoms with Crippen LogP contribution in [-0.4, -0.2) is 47.4 Å². The molecule has 25 heavy (non-hydrogen) atoms. The van der Waals surface area contributed by atoms with Crippen LogP contribution in [0.25, 0.3) is 0 Å². The topological polar surface area (TPSA) is 87.5 Å². The van der Waals surface area contributed by atoms with E-state index in [0.717, 1.165) is 38.9 Å². The Kier molecular flexibility index (Phi) is 6.75. The number of amides is 1. The largest absolute Gasteiger partial charge is 0.377 e. The lowest BCUT2D eigenvalue weighted by atomic mass is 10.0. The zero-order chi connectivity index (χ0) is 18.4. The molecular weight excluding hydrogens is 320 g/mol. The van der Waals surface area contributed by atoms with Crippen LogP contribution < -0.4 is 10.6 Å². The number of benzene rings is 1. The summed E-state index contributed by atoms with van der Waals surface area (Å²) in [5.74, 6) is -0.294. The second-order valence-electron chi connectivity index (χ2n) is 6.88. The van der Waals surface area contributed by atoms with Gasteiger partial charge in [0.25, 0.3) is 11.6 Å². The van der Waals surface area contributed by atoms with Crippen LogP contribution in [0.5, 0.6) is 0 Å². The molecule has 0 unspecified atom stereocenters. The summed E-state index contributed by atoms with van der Waals surface area (Å²) in [5, 5.41) is 17.5. The number of nitrogens with zero attached hydrogens (tertiary/aromatic N) is 2. The molecular formula is C18H28N4O3. The second kappa shape index (κ2) is 8.80. The number of nitrogens with one attached hydrogen (secondary N) is 2. The van der Waals surface area contributed by atoms with Gasteiger partial charge in [-0.2, -0.15) is 0 Å². The Morgan fingerprint density at radius 1 is 1.36 bits per heavy atom. The van der Waals surface area contributed by atoms with Crippen LogP contribution in [0.2, 0.25) is 0 Å². The minimum atomic E-state index is -0.430. The molecule has 0 aliphatic carbocycles. The van der Waals surface area contributed by atoms with Gasteiger partial charge in [0.2, 0.25) is 0 Å². The van der Waals surface area contributed by atoms with E-state index in [1.807, 2.05) is 13.8 Å². The van der Waals surface area contributed by atoms with Gasteiger partial charge in [-0.25, -0.2) is 0 Å². The monoisotopic (exact) mass is 348 g/mol. The maximum Gasteiger partial charge on any atom is 0.293 e. The van der Waals surface area contributed by atoms with Crippen molar-refractivity contribution >= 4 is 17.3 Å². The molecule has 7 heteroatoms. The molecule has 1 aromatic rings. The first-order valence-corrected chi connectivity index (χ1v) is 8.99. The Hall–Kier alpha value is -2.15. The molecule has 1 aromatic carbocycles. The lowest BCUT2D eigenvalue weighted by Gasteiger charge is -2.32. The minimum absolute atomic E-state index is 0.0161. The van der Waals surface area contributed by atoms with Crippen LogP contribution in [0.3, 0.4) is 0 Å². The first kappa shape index (κ1) is 19.2. The normalized spacial score (nSPS) is 16.0. The molecule has 0 saturated carbocycles. The smallest absolute Gasteiger partial charge is 0.293 e. The lowest BCUT2D eigenvalue weighted by molar-refractivity contribution is -0.384. The highest BCUT2D eigenvalue weighted by Gasteiger charge is 2.23. The number of likely N-dealkylation sites (tertiary alicyclic amines) is 1. The fourth-order valence-corrected chi connectivity index (χ4v) is 3.13. The summed E-state index contributed by atoms with van der Waals surface area (Å²) in [5.41, 5.74) is 0.746. The van der Waals surface area contributed by atoms with Crippen molar-refractivity contribution in [3.05, 3.63) is 33.9 Å². The molecule has 0 aromatic heterocycles. The number of anilines is 1. The second-order valence-corrected chi connectivity index (χ2v) is 6.88. The van der Waals surface area contributed by atoms with Gasteiger partial charge in [-0.05, 0) is 51.8 Å². The highest BCUT2D eigenvalue weighted by atomic mass is 16.6. The fourth-order valence-electron chi connectivity index (χ4n) is 3.13. The van der Waals surface area contributed by atoms with E-state index in [1.165, 1.54) is 6.07 Å². The summed E-state index contributed by atoms with van der Waals surface area (Å²) in [6.45, 7) is 9.00. The molecule has 1 saturated heterocycles. The van der Waals surface area contributed by atoms with Gasteiger partial charge in [0.15, 0.2) is 0 Å². The molecule has 1 fully saturated rings. The van der Waals surface area contributed by atoms with Crippen LogP contribution in [0.15, 0.2) is 18.2 Å². The molecule has 0 atom stereocenters. The molecule has 1 amide bonds. The Bertz CT molecular complexity index is 610. The van der Waals surface area contributed by atoms with Gasteiger partial charge in [0.1, 0.15) is 5.69 Å². The summed E-state index contributed by atoms with van der Waals surface area (Å²) in [7, 11) is 0. The summed E-state index contributed by atoms with van der Waals surface area (Å²) >= 11 is 0. The molecule has 1 aliphatic rings. The van der Waals surface area contributed by atoms with Crippen LogP contribution in [-0.2, 0) is 0 Å². The van der Waals surface area contributed by atoms with E-state index in [9.17, 15) is 14.9 Å². The van der Waals surface area contributed by atoms with Crippen molar-refractivity contribution < 1.29 is 9.72 Å². The van der Waals surface area contributed by atoms with E-state index < -0.39 is 4.92 Å². The predicted molar refractivity (Wildman–Crippen MR) is 99.1 cm³/mol. The number of rotatable bonds is 7. The van der Waals surface area contributed by atoms with Crippen LogP contribution in [0, 0.1) is 10.1 Å². The minimum Gasteiger partial charge on any atom is -0.377 e. The van der Waals surface area contributed by atoms with Crippen molar-refractivity contribution in [2.75, 3.05) is 25.0 Å². The zero-order valence-electron chi connectivity index (χ0n) is 15.2. The van der Waals surface area contributed by atoms with Crippen molar-refractivity contribution in [1.82, 2.24) is 10.2 Å². The molecule has 0 spiro atoms. The number of hydrogen-bond acceptors (Lipinski definition) is 5. The van der Waals surface area contributed by atoms with Crippen molar-refractivity contribution in [1.29, 1.82) is 0 Å². The van der Waals surface area contributed by atoms with Gasteiger partial charge in [0, 0.05) is 36.8 Å². The Morgan fingerprint density at radius 2 is 2.04 bits per heavy atom. The van der Waals surface area contributed by atoms with E-state index in [-0.39, 0.29) is 23.7 Å². The number of piperidine rings is 1. The van der Waals surface area contributed by atoms with E-state index in [2.05, 4.69) is 22.5 Å². The highest BCUT2D eigenvalue weighted by molar-refractivity contribution is 5.95. The number of carbonyl (C=O) groups excluding carboxylic acids is 1. The first-order chi connectivity index (χ1) is 11.9. The average molecular weight is 348 g/mol. The van der Waals surface area contributed by atoms with Crippen LogP contribution >= 0.6 is 0 Å². The van der Waals surface area contributed by atoms with Crippen molar-refractivity contribution in [3.63, 3.8) is 0 Å². The van der Waals surface area contributed by atoms with E-state index in [1.54, 1.807) is 12.1 Å². The van der Waals surface area contributed by atoms with Crippen molar-refractivity contribution in [2.24, 2.45) is 0 Å². The molecule has 1 aliphatic heterocycles. The van der Waals surface area contributed by atoms with Gasteiger partial charge in [-0.3, -0.25) is 14.9 Å². The Morgan fingerprint density at radius 3 is 2.60 bits per heavy atom. The standard InChI is InChI=1S/C18H28N4O3/c1-4-9-21-10-7-15(8-11-21)20-16-6-5-14(12-17(16)22(24)25)18(23)19-13(2)3/h5-6,12-13,15,20H,4,7-11H2,1-3H3,(H,19,23). The first-order valence-electron chi connectivity index (χ1n) is 8.99.